The van der Waals surface area contributed by atoms with E-state index >= 15 is 0 Å². The lowest BCUT2D eigenvalue weighted by Gasteiger charge is -2.28. The molecule has 2 aromatic carbocycles. The summed E-state index contributed by atoms with van der Waals surface area (Å²) >= 11 is 3.40. The highest BCUT2D eigenvalue weighted by Crippen LogP contribution is 2.35. The van der Waals surface area contributed by atoms with Crippen LogP contribution in [0.5, 0.6) is 5.75 Å². The number of ether oxygens (including phenoxy) is 1. The third-order valence-electron chi connectivity index (χ3n) is 4.46. The summed E-state index contributed by atoms with van der Waals surface area (Å²) in [5.74, 6) is 0.673. The van der Waals surface area contributed by atoms with Gasteiger partial charge in [0.15, 0.2) is 16.4 Å². The molecule has 8 nitrogen and oxygen atoms in total. The van der Waals surface area contributed by atoms with Crippen LogP contribution in [0.4, 0.5) is 5.69 Å². The van der Waals surface area contributed by atoms with Crippen molar-refractivity contribution in [3.05, 3.63) is 52.8 Å². The number of sulfone groups is 1. The standard InChI is InChI=1S/C19H16BrN3O5S/c1-2-29(25,26)14-6-7-16-15(9-14)23(18(24)11-27-16)10-17-21-19(22-28-17)12-4-3-5-13(20)8-12/h3-9H,2,10-11H2,1H3. The van der Waals surface area contributed by atoms with Crippen LogP contribution in [0.3, 0.4) is 0 Å². The Labute approximate surface area is 175 Å². The Kier molecular flexibility index (Phi) is 5.13. The molecule has 0 unspecified atom stereocenters. The molecule has 1 amide bonds. The molecule has 4 rings (SSSR count). The van der Waals surface area contributed by atoms with Crippen molar-refractivity contribution in [1.82, 2.24) is 10.1 Å². The van der Waals surface area contributed by atoms with Gasteiger partial charge in [0, 0.05) is 10.0 Å². The fraction of sp³-hybridized carbons (Fsp3) is 0.211. The lowest BCUT2D eigenvalue weighted by atomic mass is 10.2. The molecule has 3 aromatic rings. The van der Waals surface area contributed by atoms with Gasteiger partial charge in [-0.25, -0.2) is 8.42 Å². The first kappa shape index (κ1) is 19.6. The predicted octanol–water partition coefficient (Wildman–Crippen LogP) is 3.22. The van der Waals surface area contributed by atoms with E-state index in [4.69, 9.17) is 9.26 Å². The SMILES string of the molecule is CCS(=O)(=O)c1ccc2c(c1)N(Cc1nc(-c3cccc(Br)c3)no1)C(=O)CO2. The molecule has 0 atom stereocenters. The van der Waals surface area contributed by atoms with Gasteiger partial charge in [-0.15, -0.1) is 0 Å². The first-order valence-electron chi connectivity index (χ1n) is 8.76. The maximum Gasteiger partial charge on any atom is 0.265 e. The Hall–Kier alpha value is -2.72. The Bertz CT molecular complexity index is 1190. The van der Waals surface area contributed by atoms with Crippen LogP contribution in [0.1, 0.15) is 12.8 Å². The van der Waals surface area contributed by atoms with Crippen LogP contribution in [0.2, 0.25) is 0 Å². The van der Waals surface area contributed by atoms with Crippen LogP contribution in [-0.4, -0.2) is 36.8 Å². The number of hydrogen-bond donors (Lipinski definition) is 0. The summed E-state index contributed by atoms with van der Waals surface area (Å²) in [4.78, 5) is 18.3. The third kappa shape index (κ3) is 3.90. The first-order chi connectivity index (χ1) is 13.9. The van der Waals surface area contributed by atoms with Gasteiger partial charge in [-0.3, -0.25) is 9.69 Å². The monoisotopic (exact) mass is 477 g/mol. The van der Waals surface area contributed by atoms with Crippen molar-refractivity contribution < 1.29 is 22.5 Å². The van der Waals surface area contributed by atoms with E-state index in [-0.39, 0.29) is 35.6 Å². The average Bonchev–Trinajstić information content (AvgIpc) is 3.18. The van der Waals surface area contributed by atoms with Gasteiger partial charge in [0.2, 0.25) is 11.7 Å². The van der Waals surface area contributed by atoms with E-state index in [0.29, 0.717) is 17.3 Å². The molecule has 10 heteroatoms. The number of carbonyl (C=O) groups excluding carboxylic acids is 1. The minimum absolute atomic E-state index is 0.00578. The zero-order valence-corrected chi connectivity index (χ0v) is 17.7. The van der Waals surface area contributed by atoms with Gasteiger partial charge in [-0.1, -0.05) is 40.1 Å². The molecule has 0 saturated heterocycles. The topological polar surface area (TPSA) is 103 Å². The number of amides is 1. The van der Waals surface area contributed by atoms with Crippen LogP contribution in [0.25, 0.3) is 11.4 Å². The Morgan fingerprint density at radius 1 is 1.21 bits per heavy atom. The third-order valence-corrected chi connectivity index (χ3v) is 6.68. The largest absolute Gasteiger partial charge is 0.482 e. The van der Waals surface area contributed by atoms with Gasteiger partial charge in [0.25, 0.3) is 5.91 Å². The fourth-order valence-corrected chi connectivity index (χ4v) is 4.21. The molecule has 0 fully saturated rings. The van der Waals surface area contributed by atoms with Gasteiger partial charge in [0.1, 0.15) is 12.3 Å². The quantitative estimate of drug-likeness (QED) is 0.555. The second-order valence-corrected chi connectivity index (χ2v) is 9.52. The second kappa shape index (κ2) is 7.60. The molecule has 29 heavy (non-hydrogen) atoms. The van der Waals surface area contributed by atoms with E-state index in [1.54, 1.807) is 13.0 Å². The van der Waals surface area contributed by atoms with Crippen molar-refractivity contribution in [2.24, 2.45) is 0 Å². The summed E-state index contributed by atoms with van der Waals surface area (Å²) in [6.45, 7) is 1.42. The molecular formula is C19H16BrN3O5S. The highest BCUT2D eigenvalue weighted by atomic mass is 79.9. The lowest BCUT2D eigenvalue weighted by Crippen LogP contribution is -2.38. The van der Waals surface area contributed by atoms with E-state index in [1.165, 1.54) is 17.0 Å². The van der Waals surface area contributed by atoms with Gasteiger partial charge in [-0.2, -0.15) is 4.98 Å². The van der Waals surface area contributed by atoms with Crippen LogP contribution >= 0.6 is 15.9 Å². The van der Waals surface area contributed by atoms with E-state index in [9.17, 15) is 13.2 Å². The average molecular weight is 478 g/mol. The number of anilines is 1. The van der Waals surface area contributed by atoms with Crippen LogP contribution in [0, 0.1) is 0 Å². The van der Waals surface area contributed by atoms with E-state index in [2.05, 4.69) is 26.1 Å². The molecule has 150 valence electrons. The summed E-state index contributed by atoms with van der Waals surface area (Å²) in [5, 5.41) is 3.97. The zero-order valence-electron chi connectivity index (χ0n) is 15.3. The Morgan fingerprint density at radius 3 is 2.79 bits per heavy atom. The molecule has 1 aromatic heterocycles. The zero-order chi connectivity index (χ0) is 20.6. The number of hydrogen-bond acceptors (Lipinski definition) is 7. The number of carbonyl (C=O) groups is 1. The number of aromatic nitrogens is 2. The molecule has 2 heterocycles. The van der Waals surface area contributed by atoms with Gasteiger partial charge in [0.05, 0.1) is 16.3 Å². The number of halogens is 1. The fourth-order valence-electron chi connectivity index (χ4n) is 2.91. The molecule has 0 N–H and O–H groups in total. The molecule has 1 aliphatic heterocycles. The summed E-state index contributed by atoms with van der Waals surface area (Å²) in [6.07, 6.45) is 0. The maximum absolute atomic E-state index is 12.5. The summed E-state index contributed by atoms with van der Waals surface area (Å²) in [6, 6.07) is 11.9. The second-order valence-electron chi connectivity index (χ2n) is 6.32. The number of fused-ring (bicyclic) bond motifs is 1. The number of nitrogens with zero attached hydrogens (tertiary/aromatic N) is 3. The molecular weight excluding hydrogens is 462 g/mol. The number of benzene rings is 2. The van der Waals surface area contributed by atoms with E-state index in [1.807, 2.05) is 24.3 Å². The molecule has 0 aliphatic carbocycles. The first-order valence-corrected chi connectivity index (χ1v) is 11.2. The van der Waals surface area contributed by atoms with Crippen LogP contribution in [0.15, 0.2) is 56.4 Å². The van der Waals surface area contributed by atoms with Crippen molar-refractivity contribution in [2.45, 2.75) is 18.4 Å². The van der Waals surface area contributed by atoms with Gasteiger partial charge >= 0.3 is 0 Å². The van der Waals surface area contributed by atoms with Crippen LogP contribution < -0.4 is 9.64 Å². The van der Waals surface area contributed by atoms with Crippen molar-refractivity contribution in [1.29, 1.82) is 0 Å². The van der Waals surface area contributed by atoms with E-state index in [0.717, 1.165) is 10.0 Å². The van der Waals surface area contributed by atoms with Crippen molar-refractivity contribution >= 4 is 37.4 Å². The van der Waals surface area contributed by atoms with Gasteiger partial charge < -0.3 is 9.26 Å². The molecule has 1 aliphatic rings. The van der Waals surface area contributed by atoms with Crippen LogP contribution in [-0.2, 0) is 21.2 Å². The summed E-state index contributed by atoms with van der Waals surface area (Å²) in [5.41, 5.74) is 1.12. The molecule has 0 saturated carbocycles. The molecule has 0 spiro atoms. The van der Waals surface area contributed by atoms with E-state index < -0.39 is 9.84 Å². The van der Waals surface area contributed by atoms with Crippen molar-refractivity contribution in [3.63, 3.8) is 0 Å². The molecule has 0 bridgehead atoms. The Balaban J connectivity index is 1.66. The highest BCUT2D eigenvalue weighted by molar-refractivity contribution is 9.10. The maximum atomic E-state index is 12.5. The smallest absolute Gasteiger partial charge is 0.265 e. The minimum atomic E-state index is -3.43. The minimum Gasteiger partial charge on any atom is -0.482 e. The summed E-state index contributed by atoms with van der Waals surface area (Å²) < 4.78 is 36.1. The normalized spacial score (nSPS) is 13.9. The summed E-state index contributed by atoms with van der Waals surface area (Å²) in [7, 11) is -3.43. The van der Waals surface area contributed by atoms with Gasteiger partial charge in [-0.05, 0) is 30.3 Å². The van der Waals surface area contributed by atoms with Crippen molar-refractivity contribution in [2.75, 3.05) is 17.3 Å². The highest BCUT2D eigenvalue weighted by Gasteiger charge is 2.29. The lowest BCUT2D eigenvalue weighted by molar-refractivity contribution is -0.121. The molecule has 0 radical (unpaired) electrons. The predicted molar refractivity (Wildman–Crippen MR) is 108 cm³/mol. The number of rotatable bonds is 5. The van der Waals surface area contributed by atoms with Crippen molar-refractivity contribution in [3.8, 4) is 17.1 Å². The Morgan fingerprint density at radius 2 is 2.03 bits per heavy atom.